The number of aliphatic hydroxyl groups is 2. The number of hydrogen-bond acceptors (Lipinski definition) is 4. The summed E-state index contributed by atoms with van der Waals surface area (Å²) in [6.07, 6.45) is -0.417. The van der Waals surface area contributed by atoms with E-state index in [1.165, 1.54) is 11.8 Å². The van der Waals surface area contributed by atoms with Crippen molar-refractivity contribution in [2.75, 3.05) is 13.1 Å². The third kappa shape index (κ3) is 3.86. The van der Waals surface area contributed by atoms with Gasteiger partial charge >= 0.3 is 12.0 Å². The summed E-state index contributed by atoms with van der Waals surface area (Å²) >= 11 is 0. The van der Waals surface area contributed by atoms with E-state index in [2.05, 4.69) is 5.32 Å². The predicted molar refractivity (Wildman–Crippen MR) is 58.5 cm³/mol. The Morgan fingerprint density at radius 2 is 2.12 bits per heavy atom. The number of carboxylic acids is 1. The molecule has 0 aliphatic carbocycles. The number of nitrogens with one attached hydrogen (secondary N) is 1. The number of likely N-dealkylation sites (tertiary alicyclic amines) is 1. The third-order valence-electron chi connectivity index (χ3n) is 2.71. The molecule has 3 atom stereocenters. The molecule has 0 aromatic carbocycles. The molecule has 7 heteroatoms. The molecule has 4 N–H and O–H groups in total. The number of nitrogens with zero attached hydrogens (tertiary/aromatic N) is 1. The number of aliphatic carboxylic acids is 1. The van der Waals surface area contributed by atoms with Crippen molar-refractivity contribution in [2.45, 2.75) is 38.0 Å². The number of piperidine rings is 1. The lowest BCUT2D eigenvalue weighted by Crippen LogP contribution is -2.54. The highest BCUT2D eigenvalue weighted by atomic mass is 16.4. The molecule has 1 rings (SSSR count). The van der Waals surface area contributed by atoms with Gasteiger partial charge in [-0.25, -0.2) is 9.59 Å². The second-order valence-electron chi connectivity index (χ2n) is 4.25. The Morgan fingerprint density at radius 1 is 1.47 bits per heavy atom. The summed E-state index contributed by atoms with van der Waals surface area (Å²) in [6, 6.07) is -1.90. The maximum Gasteiger partial charge on any atom is 0.328 e. The number of urea groups is 1. The van der Waals surface area contributed by atoms with Crippen LogP contribution in [0.15, 0.2) is 0 Å². The molecule has 2 amide bonds. The third-order valence-corrected chi connectivity index (χ3v) is 2.71. The summed E-state index contributed by atoms with van der Waals surface area (Å²) in [4.78, 5) is 23.8. The zero-order valence-corrected chi connectivity index (χ0v) is 9.67. The van der Waals surface area contributed by atoms with Gasteiger partial charge < -0.3 is 25.5 Å². The zero-order chi connectivity index (χ0) is 13.0. The van der Waals surface area contributed by atoms with Crippen LogP contribution in [0.4, 0.5) is 4.79 Å². The van der Waals surface area contributed by atoms with Crippen LogP contribution in [0.3, 0.4) is 0 Å². The van der Waals surface area contributed by atoms with Crippen molar-refractivity contribution in [2.24, 2.45) is 0 Å². The molecular weight excluding hydrogens is 228 g/mol. The quantitative estimate of drug-likeness (QED) is 0.510. The molecule has 0 saturated carbocycles. The van der Waals surface area contributed by atoms with Crippen LogP contribution >= 0.6 is 0 Å². The van der Waals surface area contributed by atoms with Gasteiger partial charge in [0, 0.05) is 13.1 Å². The monoisotopic (exact) mass is 246 g/mol. The lowest BCUT2D eigenvalue weighted by molar-refractivity contribution is -0.141. The minimum atomic E-state index is -1.33. The van der Waals surface area contributed by atoms with Crippen LogP contribution in [0.5, 0.6) is 0 Å². The Bertz CT molecular complexity index is 294. The second kappa shape index (κ2) is 5.83. The zero-order valence-electron chi connectivity index (χ0n) is 9.67. The van der Waals surface area contributed by atoms with Gasteiger partial charge in [0.15, 0.2) is 6.04 Å². The summed E-state index contributed by atoms with van der Waals surface area (Å²) in [7, 11) is 0. The minimum absolute atomic E-state index is 0.192. The van der Waals surface area contributed by atoms with Crippen LogP contribution in [0, 0.1) is 0 Å². The fraction of sp³-hybridized carbons (Fsp3) is 0.800. The van der Waals surface area contributed by atoms with Gasteiger partial charge in [-0.1, -0.05) is 0 Å². The summed E-state index contributed by atoms with van der Waals surface area (Å²) in [6.45, 7) is 1.97. The van der Waals surface area contributed by atoms with Crippen molar-refractivity contribution in [3.05, 3.63) is 0 Å². The number of hydrogen-bond donors (Lipinski definition) is 4. The lowest BCUT2D eigenvalue weighted by atomic mass is 10.1. The number of carbonyl (C=O) groups excluding carboxylic acids is 1. The molecule has 0 bridgehead atoms. The van der Waals surface area contributed by atoms with Crippen molar-refractivity contribution >= 4 is 12.0 Å². The van der Waals surface area contributed by atoms with Crippen LogP contribution < -0.4 is 5.32 Å². The summed E-state index contributed by atoms with van der Waals surface area (Å²) in [5.41, 5.74) is 0. The molecule has 1 fully saturated rings. The lowest BCUT2D eigenvalue weighted by Gasteiger charge is -2.31. The molecule has 1 aliphatic rings. The average molecular weight is 246 g/mol. The second-order valence-corrected chi connectivity index (χ2v) is 4.25. The minimum Gasteiger partial charge on any atom is -0.480 e. The van der Waals surface area contributed by atoms with E-state index in [9.17, 15) is 19.8 Å². The number of amides is 2. The summed E-state index contributed by atoms with van der Waals surface area (Å²) in [5.74, 6) is -1.29. The van der Waals surface area contributed by atoms with Gasteiger partial charge in [0.05, 0.1) is 12.2 Å². The molecule has 98 valence electrons. The molecule has 0 aromatic rings. The van der Waals surface area contributed by atoms with E-state index in [0.29, 0.717) is 19.4 Å². The molecule has 0 radical (unpaired) electrons. The van der Waals surface area contributed by atoms with E-state index < -0.39 is 30.3 Å². The Balaban J connectivity index is 2.54. The number of β-amino-alcohol motifs (C(OH)–C–C–N with tert-alkyl or cyclic N) is 1. The molecule has 1 aliphatic heterocycles. The Morgan fingerprint density at radius 3 is 2.59 bits per heavy atom. The van der Waals surface area contributed by atoms with Gasteiger partial charge in [-0.15, -0.1) is 0 Å². The van der Waals surface area contributed by atoms with Crippen LogP contribution in [0.25, 0.3) is 0 Å². The first-order valence-electron chi connectivity index (χ1n) is 5.56. The van der Waals surface area contributed by atoms with Crippen LogP contribution in [-0.2, 0) is 4.79 Å². The topological polar surface area (TPSA) is 110 Å². The van der Waals surface area contributed by atoms with E-state index in [1.807, 2.05) is 0 Å². The molecule has 3 unspecified atom stereocenters. The fourth-order valence-electron chi connectivity index (χ4n) is 1.75. The molecule has 0 spiro atoms. The van der Waals surface area contributed by atoms with Crippen molar-refractivity contribution < 1.29 is 24.9 Å². The van der Waals surface area contributed by atoms with E-state index in [0.717, 1.165) is 0 Å². The molecule has 17 heavy (non-hydrogen) atoms. The van der Waals surface area contributed by atoms with E-state index in [1.54, 1.807) is 0 Å². The van der Waals surface area contributed by atoms with E-state index in [-0.39, 0.29) is 6.54 Å². The van der Waals surface area contributed by atoms with Gasteiger partial charge in [-0.05, 0) is 19.8 Å². The first-order valence-corrected chi connectivity index (χ1v) is 5.56. The largest absolute Gasteiger partial charge is 0.480 e. The Kier molecular flexibility index (Phi) is 4.71. The van der Waals surface area contributed by atoms with Crippen molar-refractivity contribution in [1.29, 1.82) is 0 Å². The molecule has 0 aromatic heterocycles. The normalized spacial score (nSPS) is 23.9. The smallest absolute Gasteiger partial charge is 0.328 e. The van der Waals surface area contributed by atoms with Gasteiger partial charge in [0.1, 0.15) is 0 Å². The number of carbonyl (C=O) groups is 2. The van der Waals surface area contributed by atoms with Gasteiger partial charge in [0.25, 0.3) is 0 Å². The number of carboxylic acid groups (broad SMARTS) is 1. The Hall–Kier alpha value is -1.34. The number of rotatable bonds is 3. The molecular formula is C10H18N2O5. The van der Waals surface area contributed by atoms with Crippen molar-refractivity contribution in [3.63, 3.8) is 0 Å². The Labute approximate surface area is 99.0 Å². The summed E-state index contributed by atoms with van der Waals surface area (Å²) in [5, 5.41) is 29.6. The standard InChI is InChI=1S/C10H18N2O5/c1-6(13)8(9(15)16)11-10(17)12-4-2-3-7(14)5-12/h6-8,13-14H,2-5H2,1H3,(H,11,17)(H,15,16). The highest BCUT2D eigenvalue weighted by molar-refractivity contribution is 5.83. The van der Waals surface area contributed by atoms with Gasteiger partial charge in [-0.2, -0.15) is 0 Å². The first-order chi connectivity index (χ1) is 7.91. The van der Waals surface area contributed by atoms with Crippen molar-refractivity contribution in [3.8, 4) is 0 Å². The van der Waals surface area contributed by atoms with Gasteiger partial charge in [0.2, 0.25) is 0 Å². The first kappa shape index (κ1) is 13.7. The highest BCUT2D eigenvalue weighted by Gasteiger charge is 2.29. The highest BCUT2D eigenvalue weighted by Crippen LogP contribution is 2.10. The average Bonchev–Trinajstić information content (AvgIpc) is 2.24. The maximum atomic E-state index is 11.7. The van der Waals surface area contributed by atoms with Crippen LogP contribution in [0.2, 0.25) is 0 Å². The molecule has 1 heterocycles. The van der Waals surface area contributed by atoms with Crippen molar-refractivity contribution in [1.82, 2.24) is 10.2 Å². The SMILES string of the molecule is CC(O)C(NC(=O)N1CCCC(O)C1)C(=O)O. The maximum absolute atomic E-state index is 11.7. The van der Waals surface area contributed by atoms with Crippen LogP contribution in [-0.4, -0.2) is 63.6 Å². The van der Waals surface area contributed by atoms with E-state index in [4.69, 9.17) is 5.11 Å². The fourth-order valence-corrected chi connectivity index (χ4v) is 1.75. The van der Waals surface area contributed by atoms with Gasteiger partial charge in [-0.3, -0.25) is 0 Å². The predicted octanol–water partition coefficient (Wildman–Crippen LogP) is -1.01. The molecule has 7 nitrogen and oxygen atoms in total. The summed E-state index contributed by atoms with van der Waals surface area (Å²) < 4.78 is 0. The van der Waals surface area contributed by atoms with Crippen LogP contribution in [0.1, 0.15) is 19.8 Å². The number of aliphatic hydroxyl groups excluding tert-OH is 2. The van der Waals surface area contributed by atoms with E-state index >= 15 is 0 Å². The molecule has 1 saturated heterocycles.